The summed E-state index contributed by atoms with van der Waals surface area (Å²) in [7, 11) is 0. The van der Waals surface area contributed by atoms with Crippen molar-refractivity contribution in [1.82, 2.24) is 9.97 Å². The number of carbonyl (C=O) groups is 1. The topological polar surface area (TPSA) is 75.5 Å². The number of aromatic nitrogens is 2. The number of nitrogens with zero attached hydrogens (tertiary/aromatic N) is 3. The molecule has 0 unspecified atom stereocenters. The van der Waals surface area contributed by atoms with Crippen molar-refractivity contribution < 1.29 is 27.8 Å². The molecule has 0 amide bonds. The molecule has 0 radical (unpaired) electrons. The number of aliphatic carboxylic acids is 1. The van der Waals surface area contributed by atoms with E-state index in [0.717, 1.165) is 23.3 Å². The lowest BCUT2D eigenvalue weighted by molar-refractivity contribution is -0.142. The summed E-state index contributed by atoms with van der Waals surface area (Å²) < 4.78 is 43.1. The molecule has 31 heavy (non-hydrogen) atoms. The van der Waals surface area contributed by atoms with E-state index >= 15 is 0 Å². The lowest BCUT2D eigenvalue weighted by atomic mass is 9.96. The summed E-state index contributed by atoms with van der Waals surface area (Å²) in [5.41, 5.74) is 3.12. The largest absolute Gasteiger partial charge is 0.493 e. The zero-order chi connectivity index (χ0) is 22.0. The van der Waals surface area contributed by atoms with Crippen LogP contribution in [0.4, 0.5) is 19.0 Å². The van der Waals surface area contributed by atoms with Gasteiger partial charge in [-0.15, -0.1) is 0 Å². The van der Waals surface area contributed by atoms with Crippen molar-refractivity contribution in [2.24, 2.45) is 5.92 Å². The summed E-state index contributed by atoms with van der Waals surface area (Å²) in [6.07, 6.45) is -1.58. The van der Waals surface area contributed by atoms with Gasteiger partial charge in [0.15, 0.2) is 5.82 Å². The molecule has 0 aliphatic carbocycles. The summed E-state index contributed by atoms with van der Waals surface area (Å²) in [5, 5.41) is 9.27. The third-order valence-corrected chi connectivity index (χ3v) is 5.80. The number of hydrogen-bond acceptors (Lipinski definition) is 5. The number of alkyl halides is 3. The summed E-state index contributed by atoms with van der Waals surface area (Å²) in [4.78, 5) is 22.5. The molecule has 1 saturated heterocycles. The Morgan fingerprint density at radius 3 is 2.74 bits per heavy atom. The maximum Gasteiger partial charge on any atom is 0.389 e. The molecule has 0 bridgehead atoms. The van der Waals surface area contributed by atoms with Gasteiger partial charge in [0, 0.05) is 37.7 Å². The maximum atomic E-state index is 12.5. The summed E-state index contributed by atoms with van der Waals surface area (Å²) in [6, 6.07) is 5.82. The molecule has 0 saturated carbocycles. The van der Waals surface area contributed by atoms with Crippen LogP contribution in [0.25, 0.3) is 11.3 Å². The number of halogens is 3. The van der Waals surface area contributed by atoms with E-state index in [1.807, 2.05) is 23.1 Å². The minimum Gasteiger partial charge on any atom is -0.493 e. The highest BCUT2D eigenvalue weighted by molar-refractivity contribution is 5.74. The van der Waals surface area contributed by atoms with E-state index < -0.39 is 18.6 Å². The number of anilines is 1. The molecule has 2 aromatic rings. The molecule has 6 nitrogen and oxygen atoms in total. The Bertz CT molecular complexity index is 957. The molecule has 0 atom stereocenters. The predicted molar refractivity (Wildman–Crippen MR) is 108 cm³/mol. The van der Waals surface area contributed by atoms with E-state index in [2.05, 4.69) is 9.97 Å². The van der Waals surface area contributed by atoms with Gasteiger partial charge in [-0.3, -0.25) is 9.78 Å². The number of carboxylic acid groups (broad SMARTS) is 1. The first-order chi connectivity index (χ1) is 14.8. The smallest absolute Gasteiger partial charge is 0.389 e. The van der Waals surface area contributed by atoms with Crippen molar-refractivity contribution in [3.63, 3.8) is 0 Å². The Morgan fingerprint density at radius 1 is 1.26 bits per heavy atom. The van der Waals surface area contributed by atoms with Gasteiger partial charge < -0.3 is 14.7 Å². The fourth-order valence-corrected chi connectivity index (χ4v) is 4.10. The molecular weight excluding hydrogens is 411 g/mol. The third-order valence-electron chi connectivity index (χ3n) is 5.80. The number of carboxylic acids is 1. The van der Waals surface area contributed by atoms with E-state index in [1.165, 1.54) is 0 Å². The molecule has 166 valence electrons. The number of ether oxygens (including phenoxy) is 1. The maximum absolute atomic E-state index is 12.5. The summed E-state index contributed by atoms with van der Waals surface area (Å²) >= 11 is 0. The van der Waals surface area contributed by atoms with E-state index in [4.69, 9.17) is 4.74 Å². The lowest BCUT2D eigenvalue weighted by Gasteiger charge is -2.32. The molecule has 1 N–H and O–H groups in total. The third kappa shape index (κ3) is 5.08. The van der Waals surface area contributed by atoms with Crippen LogP contribution < -0.4 is 9.64 Å². The zero-order valence-electron chi connectivity index (χ0n) is 17.0. The van der Waals surface area contributed by atoms with Crippen LogP contribution in [0.1, 0.15) is 36.9 Å². The normalized spacial score (nSPS) is 16.8. The highest BCUT2D eigenvalue weighted by Crippen LogP contribution is 2.35. The Morgan fingerprint density at radius 2 is 2.03 bits per heavy atom. The van der Waals surface area contributed by atoms with E-state index in [0.29, 0.717) is 49.7 Å². The van der Waals surface area contributed by atoms with Crippen molar-refractivity contribution in [2.45, 2.75) is 44.7 Å². The summed E-state index contributed by atoms with van der Waals surface area (Å²) in [6.45, 7) is 1.66. The number of aryl methyl sites for hydroxylation is 1. The molecule has 2 aliphatic rings. The Kier molecular flexibility index (Phi) is 6.02. The number of benzene rings is 1. The van der Waals surface area contributed by atoms with Gasteiger partial charge in [0.1, 0.15) is 11.4 Å². The Balaban J connectivity index is 1.61. The summed E-state index contributed by atoms with van der Waals surface area (Å²) in [5.74, 6) is 0.266. The molecular formula is C22H24F3N3O3. The van der Waals surface area contributed by atoms with E-state index in [-0.39, 0.29) is 18.8 Å². The average molecular weight is 435 g/mol. The molecule has 1 fully saturated rings. The number of rotatable bonds is 6. The number of hydrogen-bond donors (Lipinski definition) is 1. The number of fused-ring (bicyclic) bond motifs is 1. The molecule has 9 heteroatoms. The molecule has 1 aromatic heterocycles. The van der Waals surface area contributed by atoms with Crippen molar-refractivity contribution in [2.75, 3.05) is 24.6 Å². The predicted octanol–water partition coefficient (Wildman–Crippen LogP) is 4.26. The highest BCUT2D eigenvalue weighted by atomic mass is 19.4. The standard InChI is InChI=1S/C22H24F3N3O3/c23-22(24,25)8-1-2-17-13-26-19(16-3-4-18-15(12-16)7-11-31-18)20(27-17)28-9-5-14(6-10-28)21(29)30/h3-4,12-14H,1-2,5-11H2,(H,29,30). The van der Waals surface area contributed by atoms with Gasteiger partial charge in [0.05, 0.1) is 18.2 Å². The van der Waals surface area contributed by atoms with Crippen molar-refractivity contribution in [1.29, 1.82) is 0 Å². The monoisotopic (exact) mass is 435 g/mol. The molecule has 3 heterocycles. The highest BCUT2D eigenvalue weighted by Gasteiger charge is 2.28. The fourth-order valence-electron chi connectivity index (χ4n) is 4.10. The van der Waals surface area contributed by atoms with Crippen LogP contribution in [0.3, 0.4) is 0 Å². The zero-order valence-corrected chi connectivity index (χ0v) is 17.0. The second-order valence-electron chi connectivity index (χ2n) is 8.02. The van der Waals surface area contributed by atoms with Gasteiger partial charge in [-0.25, -0.2) is 4.98 Å². The first-order valence-electron chi connectivity index (χ1n) is 10.5. The Hall–Kier alpha value is -2.84. The van der Waals surface area contributed by atoms with Crippen LogP contribution in [0.5, 0.6) is 5.75 Å². The second kappa shape index (κ2) is 8.72. The second-order valence-corrected chi connectivity index (χ2v) is 8.02. The van der Waals surface area contributed by atoms with Crippen LogP contribution in [0.2, 0.25) is 0 Å². The molecule has 1 aromatic carbocycles. The van der Waals surface area contributed by atoms with E-state index in [1.54, 1.807) is 6.20 Å². The van der Waals surface area contributed by atoms with Crippen LogP contribution in [-0.2, 0) is 17.6 Å². The van der Waals surface area contributed by atoms with Crippen LogP contribution in [0, 0.1) is 5.92 Å². The minimum atomic E-state index is -4.19. The molecule has 0 spiro atoms. The van der Waals surface area contributed by atoms with Crippen molar-refractivity contribution >= 4 is 11.8 Å². The van der Waals surface area contributed by atoms with E-state index in [9.17, 15) is 23.1 Å². The van der Waals surface area contributed by atoms with Gasteiger partial charge in [0.2, 0.25) is 0 Å². The van der Waals surface area contributed by atoms with Crippen molar-refractivity contribution in [3.05, 3.63) is 35.7 Å². The van der Waals surface area contributed by atoms with Crippen molar-refractivity contribution in [3.8, 4) is 17.0 Å². The molecule has 4 rings (SSSR count). The first-order valence-corrected chi connectivity index (χ1v) is 10.5. The van der Waals surface area contributed by atoms with Gasteiger partial charge in [-0.2, -0.15) is 13.2 Å². The Labute approximate surface area is 178 Å². The van der Waals surface area contributed by atoms with Gasteiger partial charge in [-0.1, -0.05) is 0 Å². The van der Waals surface area contributed by atoms with Crippen LogP contribution >= 0.6 is 0 Å². The average Bonchev–Trinajstić information content (AvgIpc) is 3.21. The number of piperidine rings is 1. The lowest BCUT2D eigenvalue weighted by Crippen LogP contribution is -2.37. The van der Waals surface area contributed by atoms with Gasteiger partial charge in [0.25, 0.3) is 0 Å². The van der Waals surface area contributed by atoms with Crippen LogP contribution in [-0.4, -0.2) is 46.9 Å². The van der Waals surface area contributed by atoms with Gasteiger partial charge >= 0.3 is 12.1 Å². The fraction of sp³-hybridized carbons (Fsp3) is 0.500. The molecule has 2 aliphatic heterocycles. The quantitative estimate of drug-likeness (QED) is 0.731. The minimum absolute atomic E-state index is 0.0474. The SMILES string of the molecule is O=C(O)C1CCN(c2nc(CCCC(F)(F)F)cnc2-c2ccc3c(c2)CCO3)CC1. The first kappa shape index (κ1) is 21.4. The van der Waals surface area contributed by atoms with Crippen LogP contribution in [0.15, 0.2) is 24.4 Å². The van der Waals surface area contributed by atoms with Gasteiger partial charge in [-0.05, 0) is 49.4 Å².